The van der Waals surface area contributed by atoms with Crippen molar-refractivity contribution >= 4 is 17.3 Å². The van der Waals surface area contributed by atoms with E-state index in [1.807, 2.05) is 41.3 Å². The van der Waals surface area contributed by atoms with Gasteiger partial charge in [-0.15, -0.1) is 0 Å². The molecule has 4 heteroatoms. The maximum Gasteiger partial charge on any atom is 0.0992 e. The highest BCUT2D eigenvalue weighted by atomic mass is 35.5. The molecule has 0 saturated carbocycles. The van der Waals surface area contributed by atoms with Gasteiger partial charge in [0.05, 0.1) is 28.9 Å². The van der Waals surface area contributed by atoms with Crippen molar-refractivity contribution in [3.05, 3.63) is 64.7 Å². The first-order valence-electron chi connectivity index (χ1n) is 6.34. The van der Waals surface area contributed by atoms with Gasteiger partial charge in [-0.2, -0.15) is 5.26 Å². The molecule has 0 aliphatic heterocycles. The summed E-state index contributed by atoms with van der Waals surface area (Å²) in [7, 11) is 0. The van der Waals surface area contributed by atoms with Crippen LogP contribution in [0.3, 0.4) is 0 Å². The third-order valence-corrected chi connectivity index (χ3v) is 3.31. The van der Waals surface area contributed by atoms with Gasteiger partial charge in [-0.3, -0.25) is 0 Å². The van der Waals surface area contributed by atoms with Crippen molar-refractivity contribution in [3.8, 4) is 6.07 Å². The first kappa shape index (κ1) is 14.4. The van der Waals surface area contributed by atoms with Gasteiger partial charge < -0.3 is 10.0 Å². The number of benzene rings is 2. The molecule has 0 radical (unpaired) electrons. The largest absolute Gasteiger partial charge is 0.395 e. The molecule has 0 aromatic heterocycles. The van der Waals surface area contributed by atoms with Gasteiger partial charge in [0.2, 0.25) is 0 Å². The van der Waals surface area contributed by atoms with Crippen LogP contribution < -0.4 is 4.90 Å². The average Bonchev–Trinajstić information content (AvgIpc) is 2.48. The Kier molecular flexibility index (Phi) is 5.00. The molecular formula is C16H15ClN2O. The molecule has 2 aromatic carbocycles. The van der Waals surface area contributed by atoms with E-state index >= 15 is 0 Å². The van der Waals surface area contributed by atoms with E-state index in [1.54, 1.807) is 12.1 Å². The van der Waals surface area contributed by atoms with Gasteiger partial charge in [0.15, 0.2) is 0 Å². The van der Waals surface area contributed by atoms with Crippen molar-refractivity contribution in [2.24, 2.45) is 0 Å². The molecule has 0 aliphatic rings. The Balaban J connectivity index is 2.27. The van der Waals surface area contributed by atoms with Crippen LogP contribution in [-0.2, 0) is 6.54 Å². The van der Waals surface area contributed by atoms with Crippen LogP contribution >= 0.6 is 11.6 Å². The van der Waals surface area contributed by atoms with E-state index in [2.05, 4.69) is 6.07 Å². The molecule has 0 heterocycles. The van der Waals surface area contributed by atoms with Crippen LogP contribution in [-0.4, -0.2) is 18.3 Å². The fourth-order valence-corrected chi connectivity index (χ4v) is 2.34. The summed E-state index contributed by atoms with van der Waals surface area (Å²) >= 11 is 6.23. The molecule has 102 valence electrons. The highest BCUT2D eigenvalue weighted by Gasteiger charge is 2.11. The summed E-state index contributed by atoms with van der Waals surface area (Å²) < 4.78 is 0. The second kappa shape index (κ2) is 6.95. The normalized spacial score (nSPS) is 10.1. The fraction of sp³-hybridized carbons (Fsp3) is 0.188. The summed E-state index contributed by atoms with van der Waals surface area (Å²) in [5, 5.41) is 18.6. The molecule has 20 heavy (non-hydrogen) atoms. The van der Waals surface area contributed by atoms with E-state index < -0.39 is 0 Å². The summed E-state index contributed by atoms with van der Waals surface area (Å²) in [5.74, 6) is 0. The standard InChI is InChI=1S/C16H15ClN2O/c17-15-10-14(11-18)6-7-16(15)19(8-9-20)12-13-4-2-1-3-5-13/h1-7,10,20H,8-9,12H2. The number of aliphatic hydroxyl groups is 1. The van der Waals surface area contributed by atoms with Gasteiger partial charge in [0.25, 0.3) is 0 Å². The predicted octanol–water partition coefficient (Wildman–Crippen LogP) is 3.21. The highest BCUT2D eigenvalue weighted by molar-refractivity contribution is 6.33. The number of halogens is 1. The minimum absolute atomic E-state index is 0.0448. The lowest BCUT2D eigenvalue weighted by molar-refractivity contribution is 0.301. The summed E-state index contributed by atoms with van der Waals surface area (Å²) in [6.07, 6.45) is 0. The lowest BCUT2D eigenvalue weighted by Gasteiger charge is -2.25. The molecule has 0 bridgehead atoms. The van der Waals surface area contributed by atoms with Crippen molar-refractivity contribution in [3.63, 3.8) is 0 Å². The average molecular weight is 287 g/mol. The zero-order chi connectivity index (χ0) is 14.4. The Bertz CT molecular complexity index is 608. The molecule has 2 aromatic rings. The van der Waals surface area contributed by atoms with Crippen LogP contribution in [0.5, 0.6) is 0 Å². The van der Waals surface area contributed by atoms with Gasteiger partial charge in [-0.1, -0.05) is 41.9 Å². The van der Waals surface area contributed by atoms with Crippen molar-refractivity contribution in [2.45, 2.75) is 6.54 Å². The van der Waals surface area contributed by atoms with Gasteiger partial charge in [-0.25, -0.2) is 0 Å². The molecule has 0 atom stereocenters. The third kappa shape index (κ3) is 3.51. The Morgan fingerprint density at radius 2 is 1.90 bits per heavy atom. The van der Waals surface area contributed by atoms with Crippen molar-refractivity contribution < 1.29 is 5.11 Å². The first-order valence-corrected chi connectivity index (χ1v) is 6.72. The quantitative estimate of drug-likeness (QED) is 0.918. The number of hydrogen-bond donors (Lipinski definition) is 1. The lowest BCUT2D eigenvalue weighted by atomic mass is 10.1. The van der Waals surface area contributed by atoms with E-state index in [-0.39, 0.29) is 6.61 Å². The minimum Gasteiger partial charge on any atom is -0.395 e. The maximum absolute atomic E-state index is 9.23. The van der Waals surface area contributed by atoms with E-state index in [0.29, 0.717) is 23.7 Å². The van der Waals surface area contributed by atoms with Crippen LogP contribution in [0.1, 0.15) is 11.1 Å². The van der Waals surface area contributed by atoms with Crippen LogP contribution in [0, 0.1) is 11.3 Å². The molecule has 0 aliphatic carbocycles. The number of rotatable bonds is 5. The van der Waals surface area contributed by atoms with Gasteiger partial charge in [-0.05, 0) is 23.8 Å². The molecule has 0 saturated heterocycles. The highest BCUT2D eigenvalue weighted by Crippen LogP contribution is 2.27. The molecule has 0 spiro atoms. The van der Waals surface area contributed by atoms with Crippen molar-refractivity contribution in [2.75, 3.05) is 18.1 Å². The van der Waals surface area contributed by atoms with Crippen molar-refractivity contribution in [1.82, 2.24) is 0 Å². The van der Waals surface area contributed by atoms with Gasteiger partial charge >= 0.3 is 0 Å². The Labute approximate surface area is 123 Å². The zero-order valence-electron chi connectivity index (χ0n) is 11.0. The van der Waals surface area contributed by atoms with E-state index in [1.165, 1.54) is 0 Å². The van der Waals surface area contributed by atoms with Gasteiger partial charge in [0, 0.05) is 13.1 Å². The monoisotopic (exact) mass is 286 g/mol. The summed E-state index contributed by atoms with van der Waals surface area (Å²) in [4.78, 5) is 2.00. The van der Waals surface area contributed by atoms with Crippen LogP contribution in [0.25, 0.3) is 0 Å². The van der Waals surface area contributed by atoms with Crippen LogP contribution in [0.2, 0.25) is 5.02 Å². The fourth-order valence-electron chi connectivity index (χ4n) is 2.04. The number of aliphatic hydroxyl groups excluding tert-OH is 1. The predicted molar refractivity (Wildman–Crippen MR) is 80.7 cm³/mol. The third-order valence-electron chi connectivity index (χ3n) is 3.00. The molecule has 2 rings (SSSR count). The lowest BCUT2D eigenvalue weighted by Crippen LogP contribution is -2.26. The molecular weight excluding hydrogens is 272 g/mol. The summed E-state index contributed by atoms with van der Waals surface area (Å²) in [6, 6.07) is 17.2. The van der Waals surface area contributed by atoms with Gasteiger partial charge in [0.1, 0.15) is 0 Å². The SMILES string of the molecule is N#Cc1ccc(N(CCO)Cc2ccccc2)c(Cl)c1. The Morgan fingerprint density at radius 1 is 1.15 bits per heavy atom. The molecule has 0 amide bonds. The minimum atomic E-state index is 0.0448. The first-order chi connectivity index (χ1) is 9.74. The van der Waals surface area contributed by atoms with Crippen molar-refractivity contribution in [1.29, 1.82) is 5.26 Å². The Hall–Kier alpha value is -2.02. The second-order valence-corrected chi connectivity index (χ2v) is 4.82. The number of nitrogens with zero attached hydrogens (tertiary/aromatic N) is 2. The second-order valence-electron chi connectivity index (χ2n) is 4.41. The number of nitriles is 1. The van der Waals surface area contributed by atoms with E-state index in [4.69, 9.17) is 16.9 Å². The summed E-state index contributed by atoms with van der Waals surface area (Å²) in [5.41, 5.74) is 2.49. The van der Waals surface area contributed by atoms with E-state index in [9.17, 15) is 5.11 Å². The van der Waals surface area contributed by atoms with Crippen LogP contribution in [0.4, 0.5) is 5.69 Å². The Morgan fingerprint density at radius 3 is 2.50 bits per heavy atom. The molecule has 0 unspecified atom stereocenters. The number of anilines is 1. The smallest absolute Gasteiger partial charge is 0.0992 e. The number of hydrogen-bond acceptors (Lipinski definition) is 3. The molecule has 1 N–H and O–H groups in total. The summed E-state index contributed by atoms with van der Waals surface area (Å²) in [6.45, 7) is 1.19. The zero-order valence-corrected chi connectivity index (χ0v) is 11.7. The van der Waals surface area contributed by atoms with E-state index in [0.717, 1.165) is 11.3 Å². The maximum atomic E-state index is 9.23. The molecule has 0 fully saturated rings. The van der Waals surface area contributed by atoms with Crippen LogP contribution in [0.15, 0.2) is 48.5 Å². The topological polar surface area (TPSA) is 47.3 Å². The molecule has 3 nitrogen and oxygen atoms in total.